The predicted molar refractivity (Wildman–Crippen MR) is 83.0 cm³/mol. The molecule has 0 fully saturated rings. The van der Waals surface area contributed by atoms with Crippen molar-refractivity contribution in [3.8, 4) is 0 Å². The SMILES string of the molecule is O=C1c2nn(Cc3ccccc3)c(Cl)c2CCCN1CC(F)F. The van der Waals surface area contributed by atoms with E-state index in [1.165, 1.54) is 0 Å². The molecule has 1 aliphatic rings. The van der Waals surface area contributed by atoms with E-state index >= 15 is 0 Å². The number of carbonyl (C=O) groups is 1. The van der Waals surface area contributed by atoms with Crippen LogP contribution in [-0.2, 0) is 13.0 Å². The summed E-state index contributed by atoms with van der Waals surface area (Å²) < 4.78 is 26.8. The summed E-state index contributed by atoms with van der Waals surface area (Å²) in [5.74, 6) is -0.466. The lowest BCUT2D eigenvalue weighted by Crippen LogP contribution is -2.35. The van der Waals surface area contributed by atoms with E-state index in [4.69, 9.17) is 11.6 Å². The molecule has 0 atom stereocenters. The lowest BCUT2D eigenvalue weighted by molar-refractivity contribution is 0.0555. The Balaban J connectivity index is 1.90. The van der Waals surface area contributed by atoms with Crippen molar-refractivity contribution < 1.29 is 13.6 Å². The second-order valence-corrected chi connectivity index (χ2v) is 5.87. The first-order valence-electron chi connectivity index (χ1n) is 7.43. The number of carbonyl (C=O) groups excluding carboxylic acids is 1. The third-order valence-electron chi connectivity index (χ3n) is 3.86. The van der Waals surface area contributed by atoms with Gasteiger partial charge in [0.2, 0.25) is 0 Å². The summed E-state index contributed by atoms with van der Waals surface area (Å²) in [6.07, 6.45) is -1.39. The van der Waals surface area contributed by atoms with Gasteiger partial charge in [-0.1, -0.05) is 41.9 Å². The molecular weight excluding hydrogens is 324 g/mol. The zero-order valence-corrected chi connectivity index (χ0v) is 13.1. The van der Waals surface area contributed by atoms with Crippen LogP contribution in [-0.4, -0.2) is 40.1 Å². The highest BCUT2D eigenvalue weighted by Gasteiger charge is 2.30. The smallest absolute Gasteiger partial charge is 0.274 e. The van der Waals surface area contributed by atoms with Gasteiger partial charge in [0, 0.05) is 12.1 Å². The van der Waals surface area contributed by atoms with Gasteiger partial charge < -0.3 is 4.90 Å². The van der Waals surface area contributed by atoms with Gasteiger partial charge in [-0.05, 0) is 18.4 Å². The molecule has 2 aromatic rings. The lowest BCUT2D eigenvalue weighted by atomic mass is 10.1. The van der Waals surface area contributed by atoms with Gasteiger partial charge in [0.05, 0.1) is 13.1 Å². The van der Waals surface area contributed by atoms with Crippen LogP contribution in [0.2, 0.25) is 5.15 Å². The minimum Gasteiger partial charge on any atom is -0.332 e. The van der Waals surface area contributed by atoms with Crippen LogP contribution in [0.3, 0.4) is 0 Å². The molecule has 23 heavy (non-hydrogen) atoms. The molecule has 0 aliphatic carbocycles. The maximum Gasteiger partial charge on any atom is 0.274 e. The topological polar surface area (TPSA) is 38.1 Å². The van der Waals surface area contributed by atoms with Crippen molar-refractivity contribution in [2.45, 2.75) is 25.8 Å². The van der Waals surface area contributed by atoms with Crippen LogP contribution >= 0.6 is 11.6 Å². The fraction of sp³-hybridized carbons (Fsp3) is 0.375. The molecule has 0 saturated carbocycles. The molecule has 2 heterocycles. The summed E-state index contributed by atoms with van der Waals surface area (Å²) in [6.45, 7) is 0.171. The second-order valence-electron chi connectivity index (χ2n) is 5.51. The summed E-state index contributed by atoms with van der Waals surface area (Å²) in [6, 6.07) is 9.61. The minimum atomic E-state index is -2.55. The molecule has 0 unspecified atom stereocenters. The molecule has 0 radical (unpaired) electrons. The van der Waals surface area contributed by atoms with Crippen LogP contribution in [0.5, 0.6) is 0 Å². The summed E-state index contributed by atoms with van der Waals surface area (Å²) in [7, 11) is 0. The molecule has 1 aromatic heterocycles. The number of alkyl halides is 2. The molecule has 0 N–H and O–H groups in total. The van der Waals surface area contributed by atoms with E-state index in [0.29, 0.717) is 36.6 Å². The Kier molecular flexibility index (Phi) is 4.61. The van der Waals surface area contributed by atoms with Crippen molar-refractivity contribution in [3.63, 3.8) is 0 Å². The average molecular weight is 340 g/mol. The molecule has 0 spiro atoms. The number of aromatic nitrogens is 2. The molecular formula is C16H16ClF2N3O. The Labute approximate surface area is 137 Å². The third-order valence-corrected chi connectivity index (χ3v) is 4.28. The van der Waals surface area contributed by atoms with Gasteiger partial charge in [-0.15, -0.1) is 0 Å². The number of rotatable bonds is 4. The van der Waals surface area contributed by atoms with E-state index in [2.05, 4.69) is 5.10 Å². The van der Waals surface area contributed by atoms with E-state index < -0.39 is 18.9 Å². The van der Waals surface area contributed by atoms with Crippen LogP contribution in [0.15, 0.2) is 30.3 Å². The molecule has 122 valence electrons. The van der Waals surface area contributed by atoms with E-state index in [9.17, 15) is 13.6 Å². The molecule has 7 heteroatoms. The highest BCUT2D eigenvalue weighted by molar-refractivity contribution is 6.31. The summed E-state index contributed by atoms with van der Waals surface area (Å²) in [5.41, 5.74) is 1.86. The Bertz CT molecular complexity index is 703. The minimum absolute atomic E-state index is 0.198. The first kappa shape index (κ1) is 15.9. The number of nitrogens with zero attached hydrogens (tertiary/aromatic N) is 3. The molecule has 4 nitrogen and oxygen atoms in total. The van der Waals surface area contributed by atoms with Gasteiger partial charge >= 0.3 is 0 Å². The molecule has 1 amide bonds. The van der Waals surface area contributed by atoms with Crippen LogP contribution in [0.1, 0.15) is 28.0 Å². The van der Waals surface area contributed by atoms with Gasteiger partial charge in [0.25, 0.3) is 12.3 Å². The number of halogens is 3. The largest absolute Gasteiger partial charge is 0.332 e. The Morgan fingerprint density at radius 1 is 1.26 bits per heavy atom. The van der Waals surface area contributed by atoms with Crippen molar-refractivity contribution in [2.75, 3.05) is 13.1 Å². The highest BCUT2D eigenvalue weighted by atomic mass is 35.5. The van der Waals surface area contributed by atoms with Crippen molar-refractivity contribution >= 4 is 17.5 Å². The quantitative estimate of drug-likeness (QED) is 0.857. The van der Waals surface area contributed by atoms with Crippen LogP contribution < -0.4 is 0 Å². The van der Waals surface area contributed by atoms with Crippen LogP contribution in [0, 0.1) is 0 Å². The first-order valence-corrected chi connectivity index (χ1v) is 7.80. The molecule has 0 bridgehead atoms. The maximum absolute atomic E-state index is 12.6. The lowest BCUT2D eigenvalue weighted by Gasteiger charge is -2.19. The number of amides is 1. The number of hydrogen-bond donors (Lipinski definition) is 0. The second kappa shape index (κ2) is 6.66. The van der Waals surface area contributed by atoms with E-state index in [1.54, 1.807) is 4.68 Å². The number of hydrogen-bond acceptors (Lipinski definition) is 2. The van der Waals surface area contributed by atoms with Crippen LogP contribution in [0.4, 0.5) is 8.78 Å². The van der Waals surface area contributed by atoms with E-state index in [0.717, 1.165) is 10.5 Å². The number of fused-ring (bicyclic) bond motifs is 1. The maximum atomic E-state index is 12.6. The molecule has 3 rings (SSSR count). The van der Waals surface area contributed by atoms with Gasteiger partial charge in [-0.2, -0.15) is 5.10 Å². The van der Waals surface area contributed by atoms with E-state index in [1.807, 2.05) is 30.3 Å². The van der Waals surface area contributed by atoms with Crippen molar-refractivity contribution in [2.24, 2.45) is 0 Å². The first-order chi connectivity index (χ1) is 11.1. The molecule has 1 aromatic carbocycles. The van der Waals surface area contributed by atoms with Crippen molar-refractivity contribution in [3.05, 3.63) is 52.3 Å². The van der Waals surface area contributed by atoms with Gasteiger partial charge in [0.1, 0.15) is 5.15 Å². The summed E-state index contributed by atoms with van der Waals surface area (Å²) in [5, 5.41) is 4.71. The third kappa shape index (κ3) is 3.37. The fourth-order valence-corrected chi connectivity index (χ4v) is 3.05. The highest BCUT2D eigenvalue weighted by Crippen LogP contribution is 2.26. The van der Waals surface area contributed by atoms with Gasteiger partial charge in [-0.25, -0.2) is 13.5 Å². The Morgan fingerprint density at radius 3 is 2.70 bits per heavy atom. The average Bonchev–Trinajstić information content (AvgIpc) is 2.74. The Hall–Kier alpha value is -1.95. The van der Waals surface area contributed by atoms with Crippen LogP contribution in [0.25, 0.3) is 0 Å². The fourth-order valence-electron chi connectivity index (χ4n) is 2.77. The normalized spacial score (nSPS) is 15.0. The van der Waals surface area contributed by atoms with Crippen molar-refractivity contribution in [1.29, 1.82) is 0 Å². The Morgan fingerprint density at radius 2 is 2.00 bits per heavy atom. The van der Waals surface area contributed by atoms with Gasteiger partial charge in [-0.3, -0.25) is 4.79 Å². The molecule has 1 aliphatic heterocycles. The summed E-state index contributed by atoms with van der Waals surface area (Å²) in [4.78, 5) is 13.6. The standard InChI is InChI=1S/C16H16ClF2N3O/c17-15-12-7-4-8-21(10-13(18)19)16(23)14(12)20-22(15)9-11-5-2-1-3-6-11/h1-3,5-6,13H,4,7-10H2. The molecule has 0 saturated heterocycles. The zero-order chi connectivity index (χ0) is 16.4. The van der Waals surface area contributed by atoms with Gasteiger partial charge in [0.15, 0.2) is 5.69 Å². The predicted octanol–water partition coefficient (Wildman–Crippen LogP) is 3.24. The van der Waals surface area contributed by atoms with Crippen molar-refractivity contribution in [1.82, 2.24) is 14.7 Å². The monoisotopic (exact) mass is 339 g/mol. The zero-order valence-electron chi connectivity index (χ0n) is 12.4. The number of benzene rings is 1. The van der Waals surface area contributed by atoms with E-state index in [-0.39, 0.29) is 5.69 Å². The summed E-state index contributed by atoms with van der Waals surface area (Å²) >= 11 is 6.37.